The lowest BCUT2D eigenvalue weighted by molar-refractivity contribution is -0.131. The highest BCUT2D eigenvalue weighted by Gasteiger charge is 2.32. The van der Waals surface area contributed by atoms with Crippen LogP contribution in [0.5, 0.6) is 11.5 Å². The van der Waals surface area contributed by atoms with Gasteiger partial charge < -0.3 is 18.8 Å². The van der Waals surface area contributed by atoms with E-state index in [1.807, 2.05) is 17.0 Å². The largest absolute Gasteiger partial charge is 0.497 e. The summed E-state index contributed by atoms with van der Waals surface area (Å²) in [6, 6.07) is 5.40. The van der Waals surface area contributed by atoms with Gasteiger partial charge in [-0.05, 0) is 36.8 Å². The van der Waals surface area contributed by atoms with Gasteiger partial charge in [0.1, 0.15) is 11.5 Å². The zero-order chi connectivity index (χ0) is 20.2. The first-order valence-electron chi connectivity index (χ1n) is 10.1. The predicted octanol–water partition coefficient (Wildman–Crippen LogP) is 3.88. The molecule has 0 bridgehead atoms. The van der Waals surface area contributed by atoms with E-state index in [-0.39, 0.29) is 5.91 Å². The van der Waals surface area contributed by atoms with Gasteiger partial charge in [-0.1, -0.05) is 31.0 Å². The van der Waals surface area contributed by atoms with Gasteiger partial charge in [0.25, 0.3) is 11.1 Å². The molecular weight excluding hydrogens is 390 g/mol. The smallest absolute Gasteiger partial charge is 0.277 e. The maximum Gasteiger partial charge on any atom is 0.277 e. The molecule has 2 atom stereocenters. The summed E-state index contributed by atoms with van der Waals surface area (Å²) in [6.45, 7) is 1.78. The maximum absolute atomic E-state index is 12.7. The number of aromatic nitrogens is 2. The van der Waals surface area contributed by atoms with Gasteiger partial charge in [-0.3, -0.25) is 4.79 Å². The molecule has 2 aliphatic rings. The van der Waals surface area contributed by atoms with Crippen molar-refractivity contribution < 1.29 is 18.7 Å². The SMILES string of the molecule is COc1ccc(-c2nnc(SCC(=O)N3CC[C@@H]4CCCC[C@@H]4C3)o2)c(OC)c1. The molecule has 1 saturated carbocycles. The Balaban J connectivity index is 1.35. The number of fused-ring (bicyclic) bond motifs is 1. The second-order valence-corrected chi connectivity index (χ2v) is 8.59. The maximum atomic E-state index is 12.7. The highest BCUT2D eigenvalue weighted by molar-refractivity contribution is 7.99. The van der Waals surface area contributed by atoms with Crippen LogP contribution in [0.3, 0.4) is 0 Å². The van der Waals surface area contributed by atoms with Gasteiger partial charge in [0.15, 0.2) is 0 Å². The van der Waals surface area contributed by atoms with Crippen molar-refractivity contribution in [3.63, 3.8) is 0 Å². The van der Waals surface area contributed by atoms with Crippen molar-refractivity contribution >= 4 is 17.7 Å². The monoisotopic (exact) mass is 417 g/mol. The van der Waals surface area contributed by atoms with E-state index < -0.39 is 0 Å². The number of benzene rings is 1. The lowest BCUT2D eigenvalue weighted by Gasteiger charge is -2.41. The van der Waals surface area contributed by atoms with E-state index in [9.17, 15) is 4.79 Å². The van der Waals surface area contributed by atoms with Gasteiger partial charge in [0, 0.05) is 19.2 Å². The molecule has 0 unspecified atom stereocenters. The number of rotatable bonds is 6. The van der Waals surface area contributed by atoms with Crippen molar-refractivity contribution in [3.8, 4) is 23.0 Å². The molecule has 2 fully saturated rings. The number of amides is 1. The summed E-state index contributed by atoms with van der Waals surface area (Å²) < 4.78 is 16.4. The van der Waals surface area contributed by atoms with Crippen molar-refractivity contribution in [3.05, 3.63) is 18.2 Å². The van der Waals surface area contributed by atoms with Crippen LogP contribution in [0.1, 0.15) is 32.1 Å². The van der Waals surface area contributed by atoms with Crippen LogP contribution in [0.25, 0.3) is 11.5 Å². The van der Waals surface area contributed by atoms with Crippen LogP contribution in [0.15, 0.2) is 27.8 Å². The van der Waals surface area contributed by atoms with E-state index >= 15 is 0 Å². The number of carbonyl (C=O) groups is 1. The normalized spacial score (nSPS) is 21.5. The third-order valence-corrected chi connectivity index (χ3v) is 6.81. The fraction of sp³-hybridized carbons (Fsp3) is 0.571. The Labute approximate surface area is 175 Å². The first-order valence-corrected chi connectivity index (χ1v) is 11.1. The average molecular weight is 418 g/mol. The molecule has 8 heteroatoms. The number of nitrogens with zero attached hydrogens (tertiary/aromatic N) is 3. The summed E-state index contributed by atoms with van der Waals surface area (Å²) in [6.07, 6.45) is 6.39. The molecule has 2 aromatic rings. The van der Waals surface area contributed by atoms with Crippen molar-refractivity contribution in [1.82, 2.24) is 15.1 Å². The summed E-state index contributed by atoms with van der Waals surface area (Å²) in [7, 11) is 3.18. The lowest BCUT2D eigenvalue weighted by atomic mass is 9.75. The highest BCUT2D eigenvalue weighted by atomic mass is 32.2. The molecule has 156 valence electrons. The summed E-state index contributed by atoms with van der Waals surface area (Å²) >= 11 is 1.29. The van der Waals surface area contributed by atoms with Crippen molar-refractivity contribution in [2.75, 3.05) is 33.1 Å². The van der Waals surface area contributed by atoms with E-state index in [0.717, 1.165) is 25.4 Å². The Kier molecular flexibility index (Phi) is 6.28. The molecule has 7 nitrogen and oxygen atoms in total. The molecular formula is C21H27N3O4S. The number of ether oxygens (including phenoxy) is 2. The number of hydrogen-bond donors (Lipinski definition) is 0. The first-order chi connectivity index (χ1) is 14.2. The number of thioether (sulfide) groups is 1. The van der Waals surface area contributed by atoms with Crippen LogP contribution in [-0.4, -0.2) is 54.1 Å². The van der Waals surface area contributed by atoms with Gasteiger partial charge in [0.2, 0.25) is 5.91 Å². The number of likely N-dealkylation sites (tertiary alicyclic amines) is 1. The van der Waals surface area contributed by atoms with Crippen molar-refractivity contribution in [2.45, 2.75) is 37.3 Å². The zero-order valence-corrected chi connectivity index (χ0v) is 17.7. The Bertz CT molecular complexity index is 856. The fourth-order valence-corrected chi connectivity index (χ4v) is 5.06. The number of hydrogen-bond acceptors (Lipinski definition) is 7. The lowest BCUT2D eigenvalue weighted by Crippen LogP contribution is -2.45. The summed E-state index contributed by atoms with van der Waals surface area (Å²) in [4.78, 5) is 14.7. The van der Waals surface area contributed by atoms with E-state index in [1.54, 1.807) is 20.3 Å². The third kappa shape index (κ3) is 4.52. The molecule has 0 spiro atoms. The second-order valence-electron chi connectivity index (χ2n) is 7.66. The standard InChI is InChI=1S/C21H27N3O4S/c1-26-16-7-8-17(18(11-16)27-2)20-22-23-21(28-20)29-13-19(25)24-10-9-14-5-3-4-6-15(14)12-24/h7-8,11,14-15H,3-6,9-10,12-13H2,1-2H3/t14-,15+/m0/s1. The summed E-state index contributed by atoms with van der Waals surface area (Å²) in [5.74, 6) is 3.62. The molecule has 1 amide bonds. The average Bonchev–Trinajstić information content (AvgIpc) is 3.25. The summed E-state index contributed by atoms with van der Waals surface area (Å²) in [5, 5.41) is 8.58. The molecule has 1 aromatic heterocycles. The van der Waals surface area contributed by atoms with Gasteiger partial charge in [-0.25, -0.2) is 0 Å². The second kappa shape index (κ2) is 9.07. The minimum absolute atomic E-state index is 0.154. The van der Waals surface area contributed by atoms with Crippen LogP contribution in [0.4, 0.5) is 0 Å². The van der Waals surface area contributed by atoms with Crippen LogP contribution in [-0.2, 0) is 4.79 Å². The van der Waals surface area contributed by atoms with E-state index in [2.05, 4.69) is 10.2 Å². The minimum Gasteiger partial charge on any atom is -0.497 e. The predicted molar refractivity (Wildman–Crippen MR) is 110 cm³/mol. The molecule has 2 heterocycles. The van der Waals surface area contributed by atoms with Gasteiger partial charge in [-0.15, -0.1) is 10.2 Å². The molecule has 0 radical (unpaired) electrons. The molecule has 0 N–H and O–H groups in total. The van der Waals surface area contributed by atoms with Crippen LogP contribution < -0.4 is 9.47 Å². The van der Waals surface area contributed by atoms with E-state index in [0.29, 0.717) is 39.8 Å². The highest BCUT2D eigenvalue weighted by Crippen LogP contribution is 2.37. The van der Waals surface area contributed by atoms with Crippen molar-refractivity contribution in [1.29, 1.82) is 0 Å². The topological polar surface area (TPSA) is 77.7 Å². The summed E-state index contributed by atoms with van der Waals surface area (Å²) in [5.41, 5.74) is 0.693. The van der Waals surface area contributed by atoms with Gasteiger partial charge >= 0.3 is 0 Å². The number of piperidine rings is 1. The number of carbonyl (C=O) groups excluding carboxylic acids is 1. The Morgan fingerprint density at radius 3 is 2.79 bits per heavy atom. The van der Waals surface area contributed by atoms with E-state index in [1.165, 1.54) is 37.4 Å². The molecule has 1 aromatic carbocycles. The van der Waals surface area contributed by atoms with Crippen LogP contribution in [0.2, 0.25) is 0 Å². The zero-order valence-electron chi connectivity index (χ0n) is 16.9. The van der Waals surface area contributed by atoms with Crippen molar-refractivity contribution in [2.24, 2.45) is 11.8 Å². The van der Waals surface area contributed by atoms with E-state index in [4.69, 9.17) is 13.9 Å². The Morgan fingerprint density at radius 1 is 1.17 bits per heavy atom. The molecule has 29 heavy (non-hydrogen) atoms. The minimum atomic E-state index is 0.154. The van der Waals surface area contributed by atoms with Crippen LogP contribution in [0, 0.1) is 11.8 Å². The molecule has 1 saturated heterocycles. The molecule has 1 aliphatic carbocycles. The third-order valence-electron chi connectivity index (χ3n) is 6.01. The fourth-order valence-electron chi connectivity index (χ4n) is 4.39. The Morgan fingerprint density at radius 2 is 2.00 bits per heavy atom. The Hall–Kier alpha value is -2.22. The van der Waals surface area contributed by atoms with Crippen LogP contribution >= 0.6 is 11.8 Å². The first kappa shape index (κ1) is 20.1. The quantitative estimate of drug-likeness (QED) is 0.660. The van der Waals surface area contributed by atoms with Gasteiger partial charge in [0.05, 0.1) is 25.5 Å². The molecule has 4 rings (SSSR count). The van der Waals surface area contributed by atoms with Gasteiger partial charge in [-0.2, -0.15) is 0 Å². The number of methoxy groups -OCH3 is 2. The molecule has 1 aliphatic heterocycles.